The molecule has 26 heavy (non-hydrogen) atoms. The molecule has 2 aromatic rings. The van der Waals surface area contributed by atoms with E-state index in [1.54, 1.807) is 11.0 Å². The van der Waals surface area contributed by atoms with Crippen LogP contribution in [-0.2, 0) is 4.79 Å². The first-order chi connectivity index (χ1) is 12.4. The number of nitro groups is 1. The number of hydrogen-bond donors (Lipinski definition) is 1. The summed E-state index contributed by atoms with van der Waals surface area (Å²) in [5.74, 6) is -0.620. The van der Waals surface area contributed by atoms with E-state index in [4.69, 9.17) is 0 Å². The molecule has 0 bridgehead atoms. The van der Waals surface area contributed by atoms with E-state index in [2.05, 4.69) is 10.3 Å². The number of aryl methyl sites for hydroxylation is 1. The van der Waals surface area contributed by atoms with Crippen LogP contribution in [-0.4, -0.2) is 28.9 Å². The van der Waals surface area contributed by atoms with E-state index in [0.29, 0.717) is 25.3 Å². The van der Waals surface area contributed by atoms with Gasteiger partial charge in [0.1, 0.15) is 5.82 Å². The molecular formula is C18H19FN4O3. The van der Waals surface area contributed by atoms with Gasteiger partial charge in [-0.25, -0.2) is 9.37 Å². The predicted octanol–water partition coefficient (Wildman–Crippen LogP) is 3.29. The standard InChI is InChI=1S/C18H19FN4O3/c1-12-4-2-6-17(20-12)21-18(24)13-5-3-9-22(11-13)16-8-7-14(23(25)26)10-15(16)19/h2,4,6-8,10,13H,3,5,9,11H2,1H3,(H,20,21,24). The van der Waals surface area contributed by atoms with Crippen molar-refractivity contribution in [1.29, 1.82) is 0 Å². The second-order valence-corrected chi connectivity index (χ2v) is 6.33. The third kappa shape index (κ3) is 3.96. The van der Waals surface area contributed by atoms with Gasteiger partial charge in [-0.3, -0.25) is 14.9 Å². The fraction of sp³-hybridized carbons (Fsp3) is 0.333. The number of nitrogens with one attached hydrogen (secondary N) is 1. The van der Waals surface area contributed by atoms with Crippen molar-refractivity contribution in [1.82, 2.24) is 4.98 Å². The number of nitrogens with zero attached hydrogens (tertiary/aromatic N) is 3. The Bertz CT molecular complexity index is 843. The summed E-state index contributed by atoms with van der Waals surface area (Å²) in [4.78, 5) is 28.7. The molecular weight excluding hydrogens is 339 g/mol. The number of pyridine rings is 1. The average Bonchev–Trinajstić information content (AvgIpc) is 2.61. The Morgan fingerprint density at radius 1 is 1.38 bits per heavy atom. The zero-order valence-electron chi connectivity index (χ0n) is 14.3. The number of nitro benzene ring substituents is 1. The van der Waals surface area contributed by atoms with Crippen LogP contribution in [0.5, 0.6) is 0 Å². The van der Waals surface area contributed by atoms with E-state index in [-0.39, 0.29) is 23.2 Å². The molecule has 1 atom stereocenters. The number of piperidine rings is 1. The molecule has 1 unspecified atom stereocenters. The van der Waals surface area contributed by atoms with Crippen molar-refractivity contribution < 1.29 is 14.1 Å². The lowest BCUT2D eigenvalue weighted by atomic mass is 9.96. The summed E-state index contributed by atoms with van der Waals surface area (Å²) >= 11 is 0. The van der Waals surface area contributed by atoms with Gasteiger partial charge in [-0.05, 0) is 38.0 Å². The molecule has 1 N–H and O–H groups in total. The summed E-state index contributed by atoms with van der Waals surface area (Å²) in [5, 5.41) is 13.5. The van der Waals surface area contributed by atoms with Crippen LogP contribution in [0.25, 0.3) is 0 Å². The van der Waals surface area contributed by atoms with Crippen LogP contribution in [0.15, 0.2) is 36.4 Å². The Hall–Kier alpha value is -3.03. The first kappa shape index (κ1) is 17.8. The van der Waals surface area contributed by atoms with Gasteiger partial charge in [0.15, 0.2) is 5.82 Å². The van der Waals surface area contributed by atoms with E-state index in [1.807, 2.05) is 19.1 Å². The number of hydrogen-bond acceptors (Lipinski definition) is 5. The van der Waals surface area contributed by atoms with Crippen molar-refractivity contribution in [3.8, 4) is 0 Å². The number of carbonyl (C=O) groups is 1. The summed E-state index contributed by atoms with van der Waals surface area (Å²) in [5.41, 5.74) is 0.797. The minimum atomic E-state index is -0.652. The van der Waals surface area contributed by atoms with Gasteiger partial charge < -0.3 is 10.2 Å². The number of carbonyl (C=O) groups excluding carboxylic acids is 1. The van der Waals surface area contributed by atoms with Gasteiger partial charge in [-0.15, -0.1) is 0 Å². The van der Waals surface area contributed by atoms with Crippen LogP contribution >= 0.6 is 0 Å². The zero-order valence-corrected chi connectivity index (χ0v) is 14.3. The summed E-state index contributed by atoms with van der Waals surface area (Å²) in [6.07, 6.45) is 1.43. The monoisotopic (exact) mass is 358 g/mol. The molecule has 1 aromatic heterocycles. The number of amides is 1. The largest absolute Gasteiger partial charge is 0.368 e. The normalized spacial score (nSPS) is 17.0. The Kier molecular flexibility index (Phi) is 5.11. The second kappa shape index (κ2) is 7.47. The second-order valence-electron chi connectivity index (χ2n) is 6.33. The molecule has 0 saturated carbocycles. The van der Waals surface area contributed by atoms with Crippen LogP contribution in [0.3, 0.4) is 0 Å². The van der Waals surface area contributed by atoms with Gasteiger partial charge in [0.05, 0.1) is 22.6 Å². The molecule has 7 nitrogen and oxygen atoms in total. The van der Waals surface area contributed by atoms with E-state index in [1.165, 1.54) is 12.1 Å². The highest BCUT2D eigenvalue weighted by Gasteiger charge is 2.28. The van der Waals surface area contributed by atoms with Crippen molar-refractivity contribution in [2.45, 2.75) is 19.8 Å². The first-order valence-corrected chi connectivity index (χ1v) is 8.37. The number of halogens is 1. The Labute approximate surface area is 150 Å². The number of aromatic nitrogens is 1. The summed E-state index contributed by atoms with van der Waals surface area (Å²) in [6.45, 7) is 2.79. The van der Waals surface area contributed by atoms with Crippen LogP contribution in [0.1, 0.15) is 18.5 Å². The van der Waals surface area contributed by atoms with Gasteiger partial charge in [0.2, 0.25) is 5.91 Å². The highest BCUT2D eigenvalue weighted by atomic mass is 19.1. The van der Waals surface area contributed by atoms with Crippen LogP contribution in [0, 0.1) is 28.8 Å². The molecule has 3 rings (SSSR count). The lowest BCUT2D eigenvalue weighted by molar-refractivity contribution is -0.385. The minimum absolute atomic E-state index is 0.157. The van der Waals surface area contributed by atoms with Crippen molar-refractivity contribution in [3.05, 3.63) is 58.0 Å². The Morgan fingerprint density at radius 2 is 2.19 bits per heavy atom. The Morgan fingerprint density at radius 3 is 2.88 bits per heavy atom. The summed E-state index contributed by atoms with van der Waals surface area (Å²) in [6, 6.07) is 8.97. The van der Waals surface area contributed by atoms with E-state index in [0.717, 1.165) is 18.2 Å². The molecule has 0 radical (unpaired) electrons. The topological polar surface area (TPSA) is 88.4 Å². The van der Waals surface area contributed by atoms with Gasteiger partial charge in [-0.1, -0.05) is 6.07 Å². The first-order valence-electron chi connectivity index (χ1n) is 8.37. The SMILES string of the molecule is Cc1cccc(NC(=O)C2CCCN(c3ccc([N+](=O)[O-])cc3F)C2)n1. The van der Waals surface area contributed by atoms with Crippen LogP contribution in [0.2, 0.25) is 0 Å². The quantitative estimate of drug-likeness (QED) is 0.669. The third-order valence-corrected chi connectivity index (χ3v) is 4.41. The number of rotatable bonds is 4. The van der Waals surface area contributed by atoms with Crippen molar-refractivity contribution >= 4 is 23.1 Å². The van der Waals surface area contributed by atoms with E-state index >= 15 is 0 Å². The maximum absolute atomic E-state index is 14.3. The van der Waals surface area contributed by atoms with Crippen LogP contribution in [0.4, 0.5) is 21.6 Å². The van der Waals surface area contributed by atoms with Gasteiger partial charge >= 0.3 is 0 Å². The molecule has 1 fully saturated rings. The molecule has 1 aliphatic rings. The smallest absolute Gasteiger partial charge is 0.272 e. The molecule has 0 aliphatic carbocycles. The van der Waals surface area contributed by atoms with E-state index < -0.39 is 10.7 Å². The Balaban J connectivity index is 1.71. The highest BCUT2D eigenvalue weighted by Crippen LogP contribution is 2.28. The van der Waals surface area contributed by atoms with Gasteiger partial charge in [0.25, 0.3) is 5.69 Å². The molecule has 1 saturated heterocycles. The fourth-order valence-electron chi connectivity index (χ4n) is 3.12. The number of benzene rings is 1. The molecule has 2 heterocycles. The minimum Gasteiger partial charge on any atom is -0.368 e. The molecule has 0 spiro atoms. The van der Waals surface area contributed by atoms with Crippen LogP contribution < -0.4 is 10.2 Å². The predicted molar refractivity (Wildman–Crippen MR) is 95.6 cm³/mol. The molecule has 136 valence electrons. The van der Waals surface area contributed by atoms with Gasteiger partial charge in [-0.2, -0.15) is 0 Å². The lowest BCUT2D eigenvalue weighted by Crippen LogP contribution is -2.41. The molecule has 1 aromatic carbocycles. The highest BCUT2D eigenvalue weighted by molar-refractivity contribution is 5.92. The zero-order chi connectivity index (χ0) is 18.7. The van der Waals surface area contributed by atoms with E-state index in [9.17, 15) is 19.3 Å². The molecule has 1 aliphatic heterocycles. The fourth-order valence-corrected chi connectivity index (χ4v) is 3.12. The summed E-state index contributed by atoms with van der Waals surface area (Å²) < 4.78 is 14.3. The molecule has 8 heteroatoms. The van der Waals surface area contributed by atoms with Crippen molar-refractivity contribution in [2.24, 2.45) is 5.92 Å². The average molecular weight is 358 g/mol. The number of non-ortho nitro benzene ring substituents is 1. The van der Waals surface area contributed by atoms with Crippen molar-refractivity contribution in [2.75, 3.05) is 23.3 Å². The number of anilines is 2. The molecule has 1 amide bonds. The lowest BCUT2D eigenvalue weighted by Gasteiger charge is -2.33. The van der Waals surface area contributed by atoms with Crippen molar-refractivity contribution in [3.63, 3.8) is 0 Å². The summed E-state index contributed by atoms with van der Waals surface area (Å²) in [7, 11) is 0. The third-order valence-electron chi connectivity index (χ3n) is 4.41. The maximum Gasteiger partial charge on any atom is 0.272 e. The maximum atomic E-state index is 14.3. The van der Waals surface area contributed by atoms with Gasteiger partial charge in [0, 0.05) is 24.8 Å².